The summed E-state index contributed by atoms with van der Waals surface area (Å²) in [6.07, 6.45) is 3.76. The van der Waals surface area contributed by atoms with Crippen molar-refractivity contribution in [3.05, 3.63) is 12.4 Å². The van der Waals surface area contributed by atoms with Crippen molar-refractivity contribution in [3.63, 3.8) is 0 Å². The van der Waals surface area contributed by atoms with Crippen LogP contribution < -0.4 is 5.14 Å². The lowest BCUT2D eigenvalue weighted by atomic mass is 10.5. The van der Waals surface area contributed by atoms with Crippen LogP contribution >= 0.6 is 0 Å². The third-order valence-electron chi connectivity index (χ3n) is 2.21. The molecule has 0 aromatic carbocycles. The molecule has 6 heteroatoms. The van der Waals surface area contributed by atoms with Crippen molar-refractivity contribution in [2.24, 2.45) is 5.14 Å². The topological polar surface area (TPSA) is 63.4 Å². The molecule has 5 nitrogen and oxygen atoms in total. The van der Waals surface area contributed by atoms with Gasteiger partial charge in [-0.2, -0.15) is 0 Å². The lowest BCUT2D eigenvalue weighted by Crippen LogP contribution is -2.48. The molecule has 2 N–H and O–H groups in total. The quantitative estimate of drug-likeness (QED) is 0.630. The molecule has 1 unspecified atom stereocenters. The van der Waals surface area contributed by atoms with Crippen LogP contribution in [0.15, 0.2) is 12.4 Å². The smallest absolute Gasteiger partial charge is 0.260 e. The number of nitrogens with two attached hydrogens (primary N) is 1. The fraction of sp³-hybridized carbons (Fsp3) is 0.714. The molecule has 0 saturated heterocycles. The summed E-state index contributed by atoms with van der Waals surface area (Å²) in [5.74, 6) is -0.0235. The fourth-order valence-electron chi connectivity index (χ4n) is 1.53. The molecule has 0 aromatic rings. The SMILES string of the molecule is CC[N+]1(CS(N)(=O)=O)C=CN(C)C1. The molecule has 0 saturated carbocycles. The molecule has 1 heterocycles. The van der Waals surface area contributed by atoms with Gasteiger partial charge in [0, 0.05) is 7.05 Å². The highest BCUT2D eigenvalue weighted by Crippen LogP contribution is 2.16. The van der Waals surface area contributed by atoms with Gasteiger partial charge >= 0.3 is 0 Å². The summed E-state index contributed by atoms with van der Waals surface area (Å²) < 4.78 is 22.3. The highest BCUT2D eigenvalue weighted by Gasteiger charge is 2.32. The van der Waals surface area contributed by atoms with Crippen LogP contribution in [0.25, 0.3) is 0 Å². The lowest BCUT2D eigenvalue weighted by molar-refractivity contribution is -0.867. The Morgan fingerprint density at radius 2 is 2.23 bits per heavy atom. The molecule has 0 aliphatic carbocycles. The summed E-state index contributed by atoms with van der Waals surface area (Å²) in [5.41, 5.74) is 0. The highest BCUT2D eigenvalue weighted by atomic mass is 32.2. The van der Waals surface area contributed by atoms with E-state index in [1.54, 1.807) is 0 Å². The van der Waals surface area contributed by atoms with E-state index in [2.05, 4.69) is 0 Å². The van der Waals surface area contributed by atoms with E-state index in [0.29, 0.717) is 11.2 Å². The number of primary sulfonamides is 1. The zero-order chi connectivity index (χ0) is 10.1. The Labute approximate surface area is 79.1 Å². The van der Waals surface area contributed by atoms with E-state index in [-0.39, 0.29) is 5.88 Å². The normalized spacial score (nSPS) is 28.4. The predicted molar refractivity (Wildman–Crippen MR) is 50.5 cm³/mol. The van der Waals surface area contributed by atoms with Crippen molar-refractivity contribution in [3.8, 4) is 0 Å². The number of hydrogen-bond donors (Lipinski definition) is 1. The van der Waals surface area contributed by atoms with Crippen LogP contribution in [0.1, 0.15) is 6.92 Å². The number of sulfonamides is 1. The number of quaternary nitrogens is 1. The van der Waals surface area contributed by atoms with E-state index in [4.69, 9.17) is 5.14 Å². The first-order valence-electron chi connectivity index (χ1n) is 4.13. The Morgan fingerprint density at radius 1 is 1.62 bits per heavy atom. The van der Waals surface area contributed by atoms with E-state index in [1.165, 1.54) is 0 Å². The maximum absolute atomic E-state index is 11.0. The molecule has 1 atom stereocenters. The molecule has 1 rings (SSSR count). The van der Waals surface area contributed by atoms with E-state index >= 15 is 0 Å². The van der Waals surface area contributed by atoms with Gasteiger partial charge in [0.05, 0.1) is 12.7 Å². The van der Waals surface area contributed by atoms with Crippen molar-refractivity contribution in [1.82, 2.24) is 4.90 Å². The van der Waals surface area contributed by atoms with E-state index in [9.17, 15) is 8.42 Å². The fourth-order valence-corrected chi connectivity index (χ4v) is 2.60. The van der Waals surface area contributed by atoms with Gasteiger partial charge in [-0.1, -0.05) is 0 Å². The van der Waals surface area contributed by atoms with Gasteiger partial charge in [-0.05, 0) is 6.92 Å². The Kier molecular flexibility index (Phi) is 2.65. The van der Waals surface area contributed by atoms with Crippen molar-refractivity contribution in [2.75, 3.05) is 26.1 Å². The summed E-state index contributed by atoms with van der Waals surface area (Å²) in [5, 5.41) is 5.03. The van der Waals surface area contributed by atoms with Crippen LogP contribution in [0.4, 0.5) is 0 Å². The third kappa shape index (κ3) is 2.68. The average molecular weight is 206 g/mol. The van der Waals surface area contributed by atoms with Crippen molar-refractivity contribution < 1.29 is 12.9 Å². The van der Waals surface area contributed by atoms with E-state index in [0.717, 1.165) is 6.54 Å². The lowest BCUT2D eigenvalue weighted by Gasteiger charge is -2.29. The number of nitrogens with zero attached hydrogens (tertiary/aromatic N) is 2. The zero-order valence-electron chi connectivity index (χ0n) is 7.97. The van der Waals surface area contributed by atoms with Crippen LogP contribution in [0, 0.1) is 0 Å². The molecule has 0 spiro atoms. The Morgan fingerprint density at radius 3 is 2.54 bits per heavy atom. The molecule has 0 fully saturated rings. The summed E-state index contributed by atoms with van der Waals surface area (Å²) in [6, 6.07) is 0. The van der Waals surface area contributed by atoms with Gasteiger partial charge in [0.15, 0.2) is 12.5 Å². The molecular weight excluding hydrogens is 190 g/mol. The van der Waals surface area contributed by atoms with Gasteiger partial charge in [-0.25, -0.2) is 13.6 Å². The minimum absolute atomic E-state index is 0.0235. The second-order valence-corrected chi connectivity index (χ2v) is 5.11. The standard InChI is InChI=1S/C7H16N3O2S/c1-3-10(7-13(8,11)12)5-4-9(2)6-10/h4-5H,3,6-7H2,1-2H3,(H2,8,11,12)/q+1. The summed E-state index contributed by atoms with van der Waals surface area (Å²) in [6.45, 7) is 3.36. The molecule has 0 radical (unpaired) electrons. The van der Waals surface area contributed by atoms with Crippen LogP contribution in [0.5, 0.6) is 0 Å². The van der Waals surface area contributed by atoms with Crippen molar-refractivity contribution in [2.45, 2.75) is 6.92 Å². The second-order valence-electron chi connectivity index (χ2n) is 3.52. The van der Waals surface area contributed by atoms with Gasteiger partial charge < -0.3 is 4.90 Å². The molecule has 0 amide bonds. The van der Waals surface area contributed by atoms with Gasteiger partial charge in [0.2, 0.25) is 0 Å². The molecule has 0 aromatic heterocycles. The molecule has 0 bridgehead atoms. The van der Waals surface area contributed by atoms with Gasteiger partial charge in [-0.3, -0.25) is 4.48 Å². The average Bonchev–Trinajstić information content (AvgIpc) is 2.29. The van der Waals surface area contributed by atoms with E-state index in [1.807, 2.05) is 31.3 Å². The minimum atomic E-state index is -3.41. The molecular formula is C7H16N3O2S+. The predicted octanol–water partition coefficient (Wildman–Crippen LogP) is -0.557. The molecule has 1 aliphatic rings. The third-order valence-corrected chi connectivity index (χ3v) is 3.08. The van der Waals surface area contributed by atoms with Gasteiger partial charge in [0.25, 0.3) is 10.0 Å². The second kappa shape index (κ2) is 3.28. The number of rotatable bonds is 3. The summed E-state index contributed by atoms with van der Waals surface area (Å²) in [4.78, 5) is 1.95. The van der Waals surface area contributed by atoms with Crippen LogP contribution in [0.2, 0.25) is 0 Å². The monoisotopic (exact) mass is 206 g/mol. The minimum Gasteiger partial charge on any atom is -0.329 e. The largest absolute Gasteiger partial charge is 0.329 e. The van der Waals surface area contributed by atoms with Crippen LogP contribution in [-0.2, 0) is 10.0 Å². The van der Waals surface area contributed by atoms with Crippen LogP contribution in [0.3, 0.4) is 0 Å². The van der Waals surface area contributed by atoms with E-state index < -0.39 is 10.0 Å². The van der Waals surface area contributed by atoms with Crippen molar-refractivity contribution in [1.29, 1.82) is 0 Å². The number of hydrogen-bond acceptors (Lipinski definition) is 3. The summed E-state index contributed by atoms with van der Waals surface area (Å²) >= 11 is 0. The Bertz CT molecular complexity index is 312. The first-order valence-corrected chi connectivity index (χ1v) is 5.84. The van der Waals surface area contributed by atoms with Gasteiger partial charge in [0.1, 0.15) is 6.20 Å². The first-order chi connectivity index (χ1) is 5.87. The molecule has 13 heavy (non-hydrogen) atoms. The van der Waals surface area contributed by atoms with Crippen LogP contribution in [-0.4, -0.2) is 43.9 Å². The van der Waals surface area contributed by atoms with Crippen molar-refractivity contribution >= 4 is 10.0 Å². The van der Waals surface area contributed by atoms with Gasteiger partial charge in [-0.15, -0.1) is 0 Å². The molecule has 1 aliphatic heterocycles. The Hall–Kier alpha value is -0.590. The maximum Gasteiger partial charge on any atom is 0.260 e. The first kappa shape index (κ1) is 10.5. The maximum atomic E-state index is 11.0. The zero-order valence-corrected chi connectivity index (χ0v) is 8.79. The summed E-state index contributed by atoms with van der Waals surface area (Å²) in [7, 11) is -1.50. The Balaban J connectivity index is 2.80. The highest BCUT2D eigenvalue weighted by molar-refractivity contribution is 7.88. The molecule has 76 valence electrons.